The predicted molar refractivity (Wildman–Crippen MR) is 287 cm³/mol. The molecule has 0 aliphatic carbocycles. The molecule has 8 bridgehead atoms. The highest BCUT2D eigenvalue weighted by atomic mass is 16.7. The van der Waals surface area contributed by atoms with Crippen LogP contribution < -0.4 is 56.8 Å². The minimum absolute atomic E-state index is 0.138. The van der Waals surface area contributed by atoms with Crippen molar-refractivity contribution in [1.82, 2.24) is 39.9 Å². The van der Waals surface area contributed by atoms with Gasteiger partial charge < -0.3 is 66.8 Å². The Labute approximate surface area is 449 Å². The molecule has 0 fully saturated rings. The van der Waals surface area contributed by atoms with Gasteiger partial charge in [-0.15, -0.1) is 0 Å². The van der Waals surface area contributed by atoms with Crippen molar-refractivity contribution in [3.8, 4) is 138 Å². The zero-order chi connectivity index (χ0) is 52.4. The molecule has 3 aromatic heterocycles. The van der Waals surface area contributed by atoms with Crippen molar-refractivity contribution in [2.24, 2.45) is 0 Å². The molecule has 17 rings (SSSR count). The van der Waals surface area contributed by atoms with Crippen LogP contribution in [0.5, 0.6) is 92.0 Å². The van der Waals surface area contributed by atoms with Crippen LogP contribution in [0.2, 0.25) is 0 Å². The van der Waals surface area contributed by atoms with Gasteiger partial charge in [-0.05, 0) is 121 Å². The van der Waals surface area contributed by atoms with Crippen molar-refractivity contribution in [1.29, 1.82) is 0 Å². The highest BCUT2D eigenvalue weighted by molar-refractivity contribution is 6.07. The highest BCUT2D eigenvalue weighted by Crippen LogP contribution is 2.45. The Morgan fingerprint density at radius 3 is 0.887 bits per heavy atom. The molecule has 20 heteroatoms. The minimum atomic E-state index is 0.138. The molecule has 386 valence electrons. The van der Waals surface area contributed by atoms with Crippen molar-refractivity contribution in [3.63, 3.8) is 0 Å². The summed E-state index contributed by atoms with van der Waals surface area (Å²) >= 11 is 0. The first kappa shape index (κ1) is 43.9. The van der Waals surface area contributed by atoms with Gasteiger partial charge in [-0.1, -0.05) is 0 Å². The van der Waals surface area contributed by atoms with Crippen LogP contribution in [0, 0.1) is 0 Å². The Morgan fingerprint density at radius 2 is 0.525 bits per heavy atom. The Balaban J connectivity index is 0.878. The number of hydrogen-bond acceptors (Lipinski definition) is 18. The van der Waals surface area contributed by atoms with Crippen LogP contribution in [-0.4, -0.2) is 67.0 Å². The first-order chi connectivity index (χ1) is 39.5. The monoisotopic (exact) mass is 1060 g/mol. The molecule has 2 N–H and O–H groups in total. The smallest absolute Gasteiger partial charge is 0.231 e. The van der Waals surface area contributed by atoms with Crippen molar-refractivity contribution >= 4 is 44.1 Å². The predicted octanol–water partition coefficient (Wildman–Crippen LogP) is 13.0. The average molecular weight is 1060 g/mol. The Hall–Kier alpha value is -11.3. The first-order valence-electron chi connectivity index (χ1n) is 25.2. The lowest BCUT2D eigenvalue weighted by molar-refractivity contribution is 0.173. The van der Waals surface area contributed by atoms with Gasteiger partial charge in [0.05, 0.1) is 0 Å². The maximum absolute atomic E-state index is 6.45. The zero-order valence-electron chi connectivity index (χ0n) is 41.3. The third kappa shape index (κ3) is 7.45. The van der Waals surface area contributed by atoms with Crippen LogP contribution in [0.1, 0.15) is 0 Å². The Kier molecular flexibility index (Phi) is 9.39. The molecule has 0 radical (unpaired) electrons. The Bertz CT molecular complexity index is 4390. The lowest BCUT2D eigenvalue weighted by atomic mass is 10.1. The largest absolute Gasteiger partial charge is 0.457 e. The lowest BCUT2D eigenvalue weighted by Crippen LogP contribution is -1.92. The number of ether oxygens (including phenoxy) is 12. The molecule has 6 aliphatic rings. The van der Waals surface area contributed by atoms with Gasteiger partial charge in [0.15, 0.2) is 69.3 Å². The molecule has 0 saturated carbocycles. The highest BCUT2D eigenvalue weighted by Gasteiger charge is 2.26. The number of aromatic nitrogens is 8. The van der Waals surface area contributed by atoms with E-state index in [0.29, 0.717) is 171 Å². The summed E-state index contributed by atoms with van der Waals surface area (Å²) in [6.45, 7) is 0.552. The van der Waals surface area contributed by atoms with Gasteiger partial charge in [-0.25, -0.2) is 29.9 Å². The van der Waals surface area contributed by atoms with Gasteiger partial charge >= 0.3 is 0 Å². The SMILES string of the molecule is c1cc2c(cc1Oc1ccc3c(c1)-c1nc-3nc3[nH]c(nc4nc(nc5[nH]c(n1)c1ccc(Oc6ccc7c(c6)OCO7)cc51)-c1ccc(Oc5ccc6c(c5)OCO6)cc1-4)c1ccc(Oc4ccc5c(c4)OCO5)cc31)OCO2. The fraction of sp³-hybridized carbons (Fsp3) is 0.0667. The molecule has 20 nitrogen and oxygen atoms in total. The minimum Gasteiger partial charge on any atom is -0.457 e. The second-order valence-electron chi connectivity index (χ2n) is 18.9. The fourth-order valence-corrected chi connectivity index (χ4v) is 10.3. The normalized spacial score (nSPS) is 13.6. The summed E-state index contributed by atoms with van der Waals surface area (Å²) in [4.78, 5) is 38.5. The van der Waals surface area contributed by atoms with E-state index in [1.807, 2.05) is 121 Å². The molecule has 0 atom stereocenters. The summed E-state index contributed by atoms with van der Waals surface area (Å²) < 4.78 is 70.6. The van der Waals surface area contributed by atoms with Gasteiger partial charge in [0, 0.05) is 68.1 Å². The number of hydrogen-bond donors (Lipinski definition) is 2. The number of nitrogens with one attached hydrogen (secondary N) is 2. The number of rotatable bonds is 8. The molecule has 0 unspecified atom stereocenters. The maximum Gasteiger partial charge on any atom is 0.231 e. The standard InChI is InChI=1S/C60H34N8O12/c1-9-37-41(17-29(1)77-33-5-13-45-49(21-33)73-25-69-45)57-61-53(37)65-58-42-18-30(78-34-6-14-46-50(22-34)74-26-70-46)2-10-38(42)55(62-58)67-60-44-20-32(80-36-8-16-48-52(24-36)76-28-72-48)4-12-40(44)56(64-60)68-59-43-19-31(3-11-39(43)54(63-59)66-57)79-35-7-15-47-51(23-35)75-27-71-47/h1-24H,25-28H2,(H2,61,62,63,64,65,66,67,68). The molecular weight excluding hydrogens is 1020 g/mol. The summed E-state index contributed by atoms with van der Waals surface area (Å²) in [5.41, 5.74) is 4.54. The van der Waals surface area contributed by atoms with Crippen LogP contribution in [0.3, 0.4) is 0 Å². The third-order valence-corrected chi connectivity index (χ3v) is 14.0. The second kappa shape index (κ2) is 17.1. The Morgan fingerprint density at radius 1 is 0.250 bits per heavy atom. The van der Waals surface area contributed by atoms with Gasteiger partial charge in [0.2, 0.25) is 27.2 Å². The van der Waals surface area contributed by atoms with E-state index in [2.05, 4.69) is 9.97 Å². The second-order valence-corrected chi connectivity index (χ2v) is 18.9. The molecule has 80 heavy (non-hydrogen) atoms. The summed E-state index contributed by atoms with van der Waals surface area (Å²) in [5, 5.41) is 2.83. The van der Waals surface area contributed by atoms with Crippen LogP contribution in [0.4, 0.5) is 0 Å². The summed E-state index contributed by atoms with van der Waals surface area (Å²) in [5.74, 6) is 10.8. The number of benzene rings is 8. The van der Waals surface area contributed by atoms with Crippen molar-refractivity contribution in [3.05, 3.63) is 146 Å². The molecule has 0 saturated heterocycles. The average Bonchev–Trinajstić information content (AvgIpc) is 4.54. The van der Waals surface area contributed by atoms with Crippen LogP contribution in [0.25, 0.3) is 89.7 Å². The van der Waals surface area contributed by atoms with E-state index < -0.39 is 0 Å². The maximum atomic E-state index is 6.45. The number of H-pyrrole nitrogens is 2. The van der Waals surface area contributed by atoms with E-state index in [-0.39, 0.29) is 27.2 Å². The number of fused-ring (bicyclic) bond motifs is 24. The summed E-state index contributed by atoms with van der Waals surface area (Å²) in [6, 6.07) is 44.5. The van der Waals surface area contributed by atoms with Gasteiger partial charge in [-0.2, -0.15) is 0 Å². The van der Waals surface area contributed by atoms with Crippen molar-refractivity contribution in [2.45, 2.75) is 0 Å². The molecule has 0 spiro atoms. The molecule has 6 aliphatic heterocycles. The fourth-order valence-electron chi connectivity index (χ4n) is 10.3. The quantitative estimate of drug-likeness (QED) is 0.144. The molecule has 9 heterocycles. The van der Waals surface area contributed by atoms with E-state index in [1.54, 1.807) is 24.3 Å². The van der Waals surface area contributed by atoms with Gasteiger partial charge in [0.1, 0.15) is 68.6 Å². The lowest BCUT2D eigenvalue weighted by Gasteiger charge is -2.08. The van der Waals surface area contributed by atoms with Gasteiger partial charge in [0.25, 0.3) is 0 Å². The van der Waals surface area contributed by atoms with E-state index >= 15 is 0 Å². The zero-order valence-corrected chi connectivity index (χ0v) is 41.3. The van der Waals surface area contributed by atoms with Crippen LogP contribution in [0.15, 0.2) is 146 Å². The molecule has 11 aromatic rings. The number of nitrogens with zero attached hydrogens (tertiary/aromatic N) is 6. The molecule has 8 aromatic carbocycles. The summed E-state index contributed by atoms with van der Waals surface area (Å²) in [7, 11) is 0. The molecular formula is C60H34N8O12. The topological polar surface area (TPSA) is 220 Å². The van der Waals surface area contributed by atoms with E-state index in [4.69, 9.17) is 86.7 Å². The van der Waals surface area contributed by atoms with Crippen LogP contribution >= 0.6 is 0 Å². The molecule has 0 amide bonds. The van der Waals surface area contributed by atoms with E-state index in [1.165, 1.54) is 0 Å². The summed E-state index contributed by atoms with van der Waals surface area (Å²) in [6.07, 6.45) is 0. The number of aromatic amines is 2. The van der Waals surface area contributed by atoms with Crippen molar-refractivity contribution < 1.29 is 56.8 Å². The van der Waals surface area contributed by atoms with E-state index in [0.717, 1.165) is 10.8 Å². The third-order valence-electron chi connectivity index (χ3n) is 14.0. The van der Waals surface area contributed by atoms with Gasteiger partial charge in [-0.3, -0.25) is 0 Å². The van der Waals surface area contributed by atoms with Crippen LogP contribution in [-0.2, 0) is 0 Å². The van der Waals surface area contributed by atoms with E-state index in [9.17, 15) is 0 Å². The first-order valence-corrected chi connectivity index (χ1v) is 25.2. The van der Waals surface area contributed by atoms with Crippen molar-refractivity contribution in [2.75, 3.05) is 27.2 Å².